The molecule has 88 valence electrons. The van der Waals surface area contributed by atoms with Crippen molar-refractivity contribution in [2.24, 2.45) is 5.73 Å². The van der Waals surface area contributed by atoms with Crippen LogP contribution in [0, 0.1) is 0 Å². The summed E-state index contributed by atoms with van der Waals surface area (Å²) in [6.45, 7) is 6.00. The summed E-state index contributed by atoms with van der Waals surface area (Å²) < 4.78 is 0. The molecule has 2 N–H and O–H groups in total. The number of nitrogens with zero attached hydrogens (tertiary/aromatic N) is 4. The molecule has 0 spiro atoms. The van der Waals surface area contributed by atoms with Gasteiger partial charge in [0.25, 0.3) is 0 Å². The molecule has 5 nitrogen and oxygen atoms in total. The average Bonchev–Trinajstić information content (AvgIpc) is 2.57. The maximum atomic E-state index is 5.58. The molecule has 0 bridgehead atoms. The van der Waals surface area contributed by atoms with E-state index in [9.17, 15) is 0 Å². The van der Waals surface area contributed by atoms with Crippen LogP contribution in [-0.2, 0) is 0 Å². The van der Waals surface area contributed by atoms with Gasteiger partial charge in [-0.05, 0) is 13.0 Å². The minimum Gasteiger partial charge on any atom is -0.354 e. The van der Waals surface area contributed by atoms with Gasteiger partial charge in [0.05, 0.1) is 6.20 Å². The molecule has 2 heterocycles. The largest absolute Gasteiger partial charge is 0.354 e. The maximum absolute atomic E-state index is 5.58. The molecule has 2 rings (SSSR count). The molecule has 0 radical (unpaired) electrons. The van der Waals surface area contributed by atoms with Crippen LogP contribution in [-0.4, -0.2) is 54.1 Å². The van der Waals surface area contributed by atoms with Crippen LogP contribution >= 0.6 is 0 Å². The van der Waals surface area contributed by atoms with E-state index in [1.165, 1.54) is 0 Å². The van der Waals surface area contributed by atoms with Crippen LogP contribution in [0.15, 0.2) is 18.6 Å². The SMILES string of the molecule is NCCN1CCCN(c2cnccn2)CC1. The smallest absolute Gasteiger partial charge is 0.147 e. The molecule has 1 fully saturated rings. The van der Waals surface area contributed by atoms with Crippen molar-refractivity contribution in [1.82, 2.24) is 14.9 Å². The predicted molar refractivity (Wildman–Crippen MR) is 64.4 cm³/mol. The number of hydrogen-bond donors (Lipinski definition) is 1. The molecule has 0 aromatic carbocycles. The Bertz CT molecular complexity index is 303. The van der Waals surface area contributed by atoms with Gasteiger partial charge in [0.15, 0.2) is 0 Å². The number of anilines is 1. The number of hydrogen-bond acceptors (Lipinski definition) is 5. The Hall–Kier alpha value is -1.20. The second-order valence-electron chi connectivity index (χ2n) is 4.03. The molecule has 0 saturated carbocycles. The Kier molecular flexibility index (Phi) is 4.07. The van der Waals surface area contributed by atoms with E-state index in [0.29, 0.717) is 0 Å². The maximum Gasteiger partial charge on any atom is 0.147 e. The van der Waals surface area contributed by atoms with E-state index in [4.69, 9.17) is 5.73 Å². The van der Waals surface area contributed by atoms with Gasteiger partial charge in [-0.2, -0.15) is 0 Å². The lowest BCUT2D eigenvalue weighted by Crippen LogP contribution is -2.34. The fourth-order valence-corrected chi connectivity index (χ4v) is 2.06. The summed E-state index contributed by atoms with van der Waals surface area (Å²) >= 11 is 0. The monoisotopic (exact) mass is 221 g/mol. The van der Waals surface area contributed by atoms with Crippen molar-refractivity contribution in [1.29, 1.82) is 0 Å². The zero-order valence-electron chi connectivity index (χ0n) is 9.55. The molecular formula is C11H19N5. The molecule has 1 aliphatic rings. The van der Waals surface area contributed by atoms with E-state index in [2.05, 4.69) is 19.8 Å². The van der Waals surface area contributed by atoms with Gasteiger partial charge < -0.3 is 15.5 Å². The highest BCUT2D eigenvalue weighted by molar-refractivity contribution is 5.35. The van der Waals surface area contributed by atoms with Gasteiger partial charge in [-0.3, -0.25) is 4.98 Å². The normalized spacial score (nSPS) is 18.4. The first-order chi connectivity index (χ1) is 7.90. The first-order valence-corrected chi connectivity index (χ1v) is 5.83. The Morgan fingerprint density at radius 3 is 2.88 bits per heavy atom. The minimum absolute atomic E-state index is 0.741. The molecule has 1 aliphatic heterocycles. The van der Waals surface area contributed by atoms with Gasteiger partial charge in [0.2, 0.25) is 0 Å². The van der Waals surface area contributed by atoms with Gasteiger partial charge in [-0.15, -0.1) is 0 Å². The van der Waals surface area contributed by atoms with E-state index >= 15 is 0 Å². The summed E-state index contributed by atoms with van der Waals surface area (Å²) in [6.07, 6.45) is 6.45. The van der Waals surface area contributed by atoms with Gasteiger partial charge in [0.1, 0.15) is 5.82 Å². The van der Waals surface area contributed by atoms with Crippen LogP contribution in [0.5, 0.6) is 0 Å². The summed E-state index contributed by atoms with van der Waals surface area (Å²) in [6, 6.07) is 0. The van der Waals surface area contributed by atoms with Gasteiger partial charge in [-0.25, -0.2) is 4.98 Å². The molecule has 1 saturated heterocycles. The third-order valence-corrected chi connectivity index (χ3v) is 2.91. The molecule has 1 aromatic heterocycles. The van der Waals surface area contributed by atoms with Crippen molar-refractivity contribution >= 4 is 5.82 Å². The predicted octanol–water partition coefficient (Wildman–Crippen LogP) is -0.0526. The fourth-order valence-electron chi connectivity index (χ4n) is 2.06. The van der Waals surface area contributed by atoms with E-state index < -0.39 is 0 Å². The molecule has 5 heteroatoms. The van der Waals surface area contributed by atoms with Crippen molar-refractivity contribution in [3.8, 4) is 0 Å². The lowest BCUT2D eigenvalue weighted by molar-refractivity contribution is 0.302. The van der Waals surface area contributed by atoms with Crippen molar-refractivity contribution in [2.45, 2.75) is 6.42 Å². The summed E-state index contributed by atoms with van der Waals surface area (Å²) in [5.41, 5.74) is 5.58. The lowest BCUT2D eigenvalue weighted by Gasteiger charge is -2.21. The molecule has 1 aromatic rings. The van der Waals surface area contributed by atoms with E-state index in [0.717, 1.165) is 51.5 Å². The second-order valence-corrected chi connectivity index (χ2v) is 4.03. The van der Waals surface area contributed by atoms with Crippen LogP contribution in [0.2, 0.25) is 0 Å². The van der Waals surface area contributed by atoms with Crippen LogP contribution in [0.1, 0.15) is 6.42 Å². The highest BCUT2D eigenvalue weighted by Gasteiger charge is 2.14. The van der Waals surface area contributed by atoms with Crippen LogP contribution < -0.4 is 10.6 Å². The van der Waals surface area contributed by atoms with E-state index in [-0.39, 0.29) is 0 Å². The van der Waals surface area contributed by atoms with Gasteiger partial charge >= 0.3 is 0 Å². The summed E-state index contributed by atoms with van der Waals surface area (Å²) in [7, 11) is 0. The molecule has 16 heavy (non-hydrogen) atoms. The van der Waals surface area contributed by atoms with Gasteiger partial charge in [-0.1, -0.05) is 0 Å². The molecule has 0 unspecified atom stereocenters. The fraction of sp³-hybridized carbons (Fsp3) is 0.636. The van der Waals surface area contributed by atoms with Crippen molar-refractivity contribution in [3.05, 3.63) is 18.6 Å². The Morgan fingerprint density at radius 1 is 1.19 bits per heavy atom. The highest BCUT2D eigenvalue weighted by Crippen LogP contribution is 2.11. The van der Waals surface area contributed by atoms with Crippen LogP contribution in [0.3, 0.4) is 0 Å². The Balaban J connectivity index is 1.94. The van der Waals surface area contributed by atoms with E-state index in [1.807, 2.05) is 6.20 Å². The molecule has 0 atom stereocenters. The summed E-state index contributed by atoms with van der Waals surface area (Å²) in [5.74, 6) is 0.983. The summed E-state index contributed by atoms with van der Waals surface area (Å²) in [4.78, 5) is 13.2. The molecule has 0 amide bonds. The van der Waals surface area contributed by atoms with Crippen LogP contribution in [0.4, 0.5) is 5.82 Å². The molecule has 0 aliphatic carbocycles. The van der Waals surface area contributed by atoms with Crippen molar-refractivity contribution in [3.63, 3.8) is 0 Å². The van der Waals surface area contributed by atoms with Crippen molar-refractivity contribution < 1.29 is 0 Å². The van der Waals surface area contributed by atoms with Crippen molar-refractivity contribution in [2.75, 3.05) is 44.2 Å². The molecular weight excluding hydrogens is 202 g/mol. The lowest BCUT2D eigenvalue weighted by atomic mass is 10.4. The highest BCUT2D eigenvalue weighted by atomic mass is 15.2. The zero-order chi connectivity index (χ0) is 11.2. The first kappa shape index (κ1) is 11.3. The first-order valence-electron chi connectivity index (χ1n) is 5.83. The number of rotatable bonds is 3. The number of aromatic nitrogens is 2. The Morgan fingerprint density at radius 2 is 2.12 bits per heavy atom. The Labute approximate surface area is 96.3 Å². The number of nitrogens with two attached hydrogens (primary N) is 1. The summed E-state index contributed by atoms with van der Waals surface area (Å²) in [5, 5.41) is 0. The quantitative estimate of drug-likeness (QED) is 0.775. The topological polar surface area (TPSA) is 58.3 Å². The van der Waals surface area contributed by atoms with E-state index in [1.54, 1.807) is 12.4 Å². The standard InChI is InChI=1S/C11H19N5/c12-2-7-15-5-1-6-16(9-8-15)11-10-13-3-4-14-11/h3-4,10H,1-2,5-9,12H2. The third kappa shape index (κ3) is 2.90. The van der Waals surface area contributed by atoms with Gasteiger partial charge in [0, 0.05) is 45.1 Å². The zero-order valence-corrected chi connectivity index (χ0v) is 9.55. The minimum atomic E-state index is 0.741. The van der Waals surface area contributed by atoms with Crippen LogP contribution in [0.25, 0.3) is 0 Å². The average molecular weight is 221 g/mol. The third-order valence-electron chi connectivity index (χ3n) is 2.91. The second kappa shape index (κ2) is 5.77.